The molecule has 0 aliphatic rings. The van der Waals surface area contributed by atoms with E-state index >= 15 is 0 Å². The minimum absolute atomic E-state index is 0.176. The van der Waals surface area contributed by atoms with Crippen molar-refractivity contribution < 1.29 is 22.9 Å². The van der Waals surface area contributed by atoms with Gasteiger partial charge in [0.05, 0.1) is 0 Å². The van der Waals surface area contributed by atoms with Crippen molar-refractivity contribution in [1.82, 2.24) is 0 Å². The molecule has 7 heteroatoms. The molecule has 80 valence electrons. The molecule has 0 aromatic heterocycles. The molecule has 0 saturated heterocycles. The van der Waals surface area contributed by atoms with E-state index in [1.54, 1.807) is 0 Å². The van der Waals surface area contributed by atoms with Crippen molar-refractivity contribution in [2.24, 2.45) is 0 Å². The van der Waals surface area contributed by atoms with Gasteiger partial charge in [0.25, 0.3) is 11.0 Å². The first-order valence-corrected chi connectivity index (χ1v) is 7.35. The zero-order chi connectivity index (χ0) is 12.1. The summed E-state index contributed by atoms with van der Waals surface area (Å²) >= 11 is 1.11. The molecule has 0 heterocycles. The van der Waals surface area contributed by atoms with E-state index in [2.05, 4.69) is 13.5 Å². The maximum absolute atomic E-state index is 9.60. The average Bonchev–Trinajstić information content (AvgIpc) is 2.03. The summed E-state index contributed by atoms with van der Waals surface area (Å²) in [5, 5.41) is 7.89. The molecule has 0 aliphatic carbocycles. The fourth-order valence-corrected chi connectivity index (χ4v) is 0. The van der Waals surface area contributed by atoms with Crippen LogP contribution in [0.15, 0.2) is 12.2 Å². The van der Waals surface area contributed by atoms with E-state index in [1.807, 2.05) is 0 Å². The molecular weight excluding hydrogens is 235 g/mol. The van der Waals surface area contributed by atoms with Crippen LogP contribution in [0.1, 0.15) is 20.3 Å². The molecule has 0 spiro atoms. The predicted octanol–water partition coefficient (Wildman–Crippen LogP) is 0.701. The Morgan fingerprint density at radius 2 is 1.64 bits per heavy atom. The molecular formula is C7H15KO5S. The maximum Gasteiger partial charge on any atom is 0.254 e. The van der Waals surface area contributed by atoms with Gasteiger partial charge in [0, 0.05) is 5.57 Å². The van der Waals surface area contributed by atoms with Crippen molar-refractivity contribution in [1.29, 1.82) is 0 Å². The number of thiol groups is 1. The van der Waals surface area contributed by atoms with E-state index in [9.17, 15) is 4.79 Å². The Bertz CT molecular complexity index is 202. The summed E-state index contributed by atoms with van der Waals surface area (Å²) in [5.41, 5.74) is 0.176. The molecule has 5 nitrogen and oxygen atoms in total. The van der Waals surface area contributed by atoms with E-state index in [1.165, 1.54) is 13.9 Å². The summed E-state index contributed by atoms with van der Waals surface area (Å²) in [7, 11) is -3.12. The predicted molar refractivity (Wildman–Crippen MR) is 56.2 cm³/mol. The van der Waals surface area contributed by atoms with Crippen LogP contribution in [0.5, 0.6) is 0 Å². The van der Waals surface area contributed by atoms with Gasteiger partial charge in [-0.05, 0) is 6.92 Å². The van der Waals surface area contributed by atoms with Crippen molar-refractivity contribution in [2.45, 2.75) is 20.8 Å². The first-order valence-electron chi connectivity index (χ1n) is 4.01. The van der Waals surface area contributed by atoms with E-state index in [4.69, 9.17) is 18.1 Å². The van der Waals surface area contributed by atoms with Crippen LogP contribution in [0.4, 0.5) is 0 Å². The molecule has 14 heavy (non-hydrogen) atoms. The zero-order valence-electron chi connectivity index (χ0n) is 8.69. The Morgan fingerprint density at radius 1 is 1.50 bits per heavy atom. The molecule has 0 aromatic rings. The third-order valence-corrected chi connectivity index (χ3v) is 2.43. The van der Waals surface area contributed by atoms with Gasteiger partial charge in [-0.15, -0.1) is 0 Å². The van der Waals surface area contributed by atoms with Gasteiger partial charge in [-0.3, -0.25) is 4.55 Å². The Hall–Kier alpha value is 0.756. The number of carboxylic acids is 1. The summed E-state index contributed by atoms with van der Waals surface area (Å²) in [6.07, 6.45) is 1.40. The van der Waals surface area contributed by atoms with E-state index in [0.717, 1.165) is 49.0 Å². The van der Waals surface area contributed by atoms with Crippen molar-refractivity contribution in [3.8, 4) is 0 Å². The second kappa shape index (κ2) is 16.2. The first-order chi connectivity index (χ1) is 6.29. The fraction of sp³-hybridized carbons (Fsp3) is 0.571. The summed E-state index contributed by atoms with van der Waals surface area (Å²) in [6, 6.07) is 0. The number of aliphatic carboxylic acids is 1. The second-order valence-corrected chi connectivity index (χ2v) is 4.36. The number of hydrogen-bond acceptors (Lipinski definition) is 3. The van der Waals surface area contributed by atoms with Crippen LogP contribution < -0.4 is 0 Å². The van der Waals surface area contributed by atoms with E-state index < -0.39 is 17.0 Å². The van der Waals surface area contributed by atoms with Crippen LogP contribution in [0, 0.1) is 0 Å². The Morgan fingerprint density at radius 3 is 1.64 bits per heavy atom. The van der Waals surface area contributed by atoms with Crippen molar-refractivity contribution in [2.75, 3.05) is 0 Å². The van der Waals surface area contributed by atoms with E-state index in [-0.39, 0.29) is 5.57 Å². The molecule has 0 bridgehead atoms. The van der Waals surface area contributed by atoms with Gasteiger partial charge < -0.3 is 5.11 Å². The number of hydrogen-bond donors (Lipinski definition) is 3. The Balaban J connectivity index is -0.000000135. The summed E-state index contributed by atoms with van der Waals surface area (Å²) in [4.78, 5) is 9.60. The normalized spacial score (nSPS) is 7.86. The summed E-state index contributed by atoms with van der Waals surface area (Å²) < 4.78 is 25.7. The Kier molecular flexibility index (Phi) is 23.4. The summed E-state index contributed by atoms with van der Waals surface area (Å²) in [6.45, 7) is 6.83. The molecule has 0 saturated carbocycles. The quantitative estimate of drug-likeness (QED) is 0.290. The average molecular weight is 250 g/mol. The SMILES string of the molecule is C=C(C)C(=O)O.CC[CH2][K].O=[SH](=O)O. The van der Waals surface area contributed by atoms with Gasteiger partial charge in [0.2, 0.25) is 0 Å². The van der Waals surface area contributed by atoms with Gasteiger partial charge in [-0.1, -0.05) is 6.58 Å². The zero-order valence-corrected chi connectivity index (χ0v) is 12.7. The standard InChI is InChI=1S/C4H6O2.C3H7.K.H2O3S/c1-3(2)4(5)6;1-3-2;;1-4(2)3/h1H2,2H3,(H,5,6);1,3H2,2H3;;4H,(H,1,2,3). The van der Waals surface area contributed by atoms with Crippen molar-refractivity contribution in [3.05, 3.63) is 12.2 Å². The minimum Gasteiger partial charge on any atom is -0.288 e. The molecule has 0 rings (SSSR count). The first kappa shape index (κ1) is 20.2. The van der Waals surface area contributed by atoms with Crippen LogP contribution >= 0.6 is 0 Å². The number of carbonyl (C=O) groups is 1. The van der Waals surface area contributed by atoms with Crippen LogP contribution in [0.2, 0.25) is 0.515 Å². The number of rotatable bonds is 2. The van der Waals surface area contributed by atoms with Crippen molar-refractivity contribution >= 4 is 65.9 Å². The smallest absolute Gasteiger partial charge is 0.254 e. The molecule has 0 fully saturated rings. The molecule has 0 aromatic carbocycles. The second-order valence-electron chi connectivity index (χ2n) is 2.32. The molecule has 0 aliphatic heterocycles. The molecule has 0 amide bonds. The van der Waals surface area contributed by atoms with Crippen molar-refractivity contribution in [3.63, 3.8) is 0 Å². The van der Waals surface area contributed by atoms with Gasteiger partial charge in [-0.2, -0.15) is 0 Å². The van der Waals surface area contributed by atoms with Crippen LogP contribution in [-0.2, 0) is 15.8 Å². The van der Waals surface area contributed by atoms with Gasteiger partial charge in [0.15, 0.2) is 0 Å². The Labute approximate surface area is 120 Å². The monoisotopic (exact) mass is 250 g/mol. The maximum atomic E-state index is 9.60. The summed E-state index contributed by atoms with van der Waals surface area (Å²) in [5.74, 6) is -0.935. The van der Waals surface area contributed by atoms with E-state index in [0.29, 0.717) is 0 Å². The van der Waals surface area contributed by atoms with Crippen LogP contribution in [0.25, 0.3) is 0 Å². The molecule has 0 atom stereocenters. The minimum atomic E-state index is -3.12. The fourth-order valence-electron chi connectivity index (χ4n) is 0. The van der Waals surface area contributed by atoms with Crippen LogP contribution in [-0.4, -0.2) is 73.0 Å². The van der Waals surface area contributed by atoms with Gasteiger partial charge >= 0.3 is 68.8 Å². The van der Waals surface area contributed by atoms with Crippen LogP contribution in [0.3, 0.4) is 0 Å². The number of carboxylic acid groups (broad SMARTS) is 1. The molecule has 0 radical (unpaired) electrons. The van der Waals surface area contributed by atoms with Gasteiger partial charge in [-0.25, -0.2) is 13.2 Å². The van der Waals surface area contributed by atoms with Gasteiger partial charge in [0.1, 0.15) is 0 Å². The third kappa shape index (κ3) is 53.2. The molecule has 0 unspecified atom stereocenters. The third-order valence-electron chi connectivity index (χ3n) is 0.865. The molecule has 2 N–H and O–H groups in total. The topological polar surface area (TPSA) is 91.7 Å². The largest absolute Gasteiger partial charge is 0.288 e.